The van der Waals surface area contributed by atoms with E-state index in [1.165, 1.54) is 11.8 Å². The Labute approximate surface area is 143 Å². The molecule has 138 valence electrons. The summed E-state index contributed by atoms with van der Waals surface area (Å²) in [7, 11) is 0. The number of carboxylic acid groups (broad SMARTS) is 2. The number of thioether (sulfide) groups is 1. The van der Waals surface area contributed by atoms with E-state index < -0.39 is 54.9 Å². The Balaban J connectivity index is 4.89. The second-order valence-electron chi connectivity index (χ2n) is 4.96. The molecule has 0 fully saturated rings. The van der Waals surface area contributed by atoms with Crippen LogP contribution in [0.3, 0.4) is 0 Å². The van der Waals surface area contributed by atoms with E-state index in [1.54, 1.807) is 0 Å². The van der Waals surface area contributed by atoms with Crippen molar-refractivity contribution in [3.8, 4) is 0 Å². The predicted molar refractivity (Wildman–Crippen MR) is 86.4 cm³/mol. The first kappa shape index (κ1) is 22.1. The maximum absolute atomic E-state index is 12.1. The van der Waals surface area contributed by atoms with Gasteiger partial charge in [0.2, 0.25) is 11.8 Å². The fourth-order valence-electron chi connectivity index (χ4n) is 1.65. The topological polar surface area (TPSA) is 179 Å². The Kier molecular flexibility index (Phi) is 10.8. The van der Waals surface area contributed by atoms with Crippen LogP contribution in [0, 0.1) is 0 Å². The standard InChI is InChI=1S/C13H23N3O7S/c1-24-5-4-7(14)11(20)15-8(2-3-10(18)19)12(21)16-9(6-17)13(22)23/h7-9,17H,2-6,14H2,1H3,(H,15,20)(H,16,21)(H,18,19)(H,22,23). The molecule has 0 aromatic rings. The fourth-order valence-corrected chi connectivity index (χ4v) is 2.14. The number of hydrogen-bond acceptors (Lipinski definition) is 7. The van der Waals surface area contributed by atoms with Crippen molar-refractivity contribution in [3.05, 3.63) is 0 Å². The summed E-state index contributed by atoms with van der Waals surface area (Å²) in [5.41, 5.74) is 5.68. The smallest absolute Gasteiger partial charge is 0.328 e. The third-order valence-electron chi connectivity index (χ3n) is 3.05. The van der Waals surface area contributed by atoms with Gasteiger partial charge < -0.3 is 31.7 Å². The molecule has 0 saturated carbocycles. The van der Waals surface area contributed by atoms with Crippen molar-refractivity contribution >= 4 is 35.5 Å². The normalized spacial score (nSPS) is 14.3. The Hall–Kier alpha value is -1.85. The minimum atomic E-state index is -1.55. The van der Waals surface area contributed by atoms with Gasteiger partial charge >= 0.3 is 11.9 Å². The van der Waals surface area contributed by atoms with Crippen molar-refractivity contribution in [1.82, 2.24) is 10.6 Å². The van der Waals surface area contributed by atoms with E-state index in [2.05, 4.69) is 5.32 Å². The molecule has 11 heteroatoms. The molecule has 0 radical (unpaired) electrons. The van der Waals surface area contributed by atoms with Gasteiger partial charge in [0.25, 0.3) is 0 Å². The van der Waals surface area contributed by atoms with E-state index >= 15 is 0 Å². The Morgan fingerprint density at radius 1 is 1.04 bits per heavy atom. The van der Waals surface area contributed by atoms with Crippen LogP contribution in [0.25, 0.3) is 0 Å². The molecule has 3 atom stereocenters. The third-order valence-corrected chi connectivity index (χ3v) is 3.69. The molecule has 0 bridgehead atoms. The molecular formula is C13H23N3O7S. The largest absolute Gasteiger partial charge is 0.481 e. The second-order valence-corrected chi connectivity index (χ2v) is 5.95. The minimum Gasteiger partial charge on any atom is -0.481 e. The number of rotatable bonds is 12. The lowest BCUT2D eigenvalue weighted by molar-refractivity contribution is -0.144. The average Bonchev–Trinajstić information content (AvgIpc) is 2.52. The molecule has 0 heterocycles. The van der Waals surface area contributed by atoms with Crippen LogP contribution in [-0.4, -0.2) is 75.8 Å². The third kappa shape index (κ3) is 8.70. The number of carboxylic acids is 2. The lowest BCUT2D eigenvalue weighted by Gasteiger charge is -2.21. The number of aliphatic hydroxyl groups excluding tert-OH is 1. The average molecular weight is 365 g/mol. The monoisotopic (exact) mass is 365 g/mol. The molecule has 10 nitrogen and oxygen atoms in total. The highest BCUT2D eigenvalue weighted by atomic mass is 32.2. The molecule has 0 aliphatic heterocycles. The van der Waals surface area contributed by atoms with Crippen molar-refractivity contribution in [2.75, 3.05) is 18.6 Å². The molecule has 0 saturated heterocycles. The zero-order valence-electron chi connectivity index (χ0n) is 13.2. The Bertz CT molecular complexity index is 461. The molecule has 0 aliphatic rings. The Morgan fingerprint density at radius 3 is 2.08 bits per heavy atom. The van der Waals surface area contributed by atoms with E-state index in [0.29, 0.717) is 12.2 Å². The number of carbonyl (C=O) groups is 4. The second kappa shape index (κ2) is 11.6. The Morgan fingerprint density at radius 2 is 1.62 bits per heavy atom. The van der Waals surface area contributed by atoms with E-state index in [-0.39, 0.29) is 6.42 Å². The van der Waals surface area contributed by atoms with Crippen molar-refractivity contribution in [2.45, 2.75) is 37.4 Å². The van der Waals surface area contributed by atoms with Crippen molar-refractivity contribution < 1.29 is 34.5 Å². The summed E-state index contributed by atoms with van der Waals surface area (Å²) in [6, 6.07) is -3.68. The van der Waals surface area contributed by atoms with Gasteiger partial charge in [0, 0.05) is 6.42 Å². The zero-order chi connectivity index (χ0) is 18.7. The van der Waals surface area contributed by atoms with Crippen LogP contribution in [0.5, 0.6) is 0 Å². The van der Waals surface area contributed by atoms with Crippen LogP contribution < -0.4 is 16.4 Å². The molecule has 7 N–H and O–H groups in total. The van der Waals surface area contributed by atoms with E-state index in [0.717, 1.165) is 0 Å². The highest BCUT2D eigenvalue weighted by Crippen LogP contribution is 2.03. The van der Waals surface area contributed by atoms with Crippen molar-refractivity contribution in [3.63, 3.8) is 0 Å². The van der Waals surface area contributed by atoms with Gasteiger partial charge in [-0.05, 0) is 24.9 Å². The van der Waals surface area contributed by atoms with E-state index in [9.17, 15) is 19.2 Å². The van der Waals surface area contributed by atoms with Gasteiger partial charge in [0.05, 0.1) is 12.6 Å². The van der Waals surface area contributed by atoms with E-state index in [1.807, 2.05) is 11.6 Å². The zero-order valence-corrected chi connectivity index (χ0v) is 14.0. The molecular weight excluding hydrogens is 342 g/mol. The van der Waals surface area contributed by atoms with Gasteiger partial charge in [-0.15, -0.1) is 0 Å². The van der Waals surface area contributed by atoms with Crippen LogP contribution in [0.15, 0.2) is 0 Å². The quantitative estimate of drug-likeness (QED) is 0.227. The van der Waals surface area contributed by atoms with Crippen LogP contribution in [0.4, 0.5) is 0 Å². The fraction of sp³-hybridized carbons (Fsp3) is 0.692. The maximum Gasteiger partial charge on any atom is 0.328 e. The highest BCUT2D eigenvalue weighted by Gasteiger charge is 2.27. The summed E-state index contributed by atoms with van der Waals surface area (Å²) >= 11 is 1.49. The highest BCUT2D eigenvalue weighted by molar-refractivity contribution is 7.98. The molecule has 24 heavy (non-hydrogen) atoms. The van der Waals surface area contributed by atoms with Crippen molar-refractivity contribution in [1.29, 1.82) is 0 Å². The van der Waals surface area contributed by atoms with Crippen molar-refractivity contribution in [2.24, 2.45) is 5.73 Å². The van der Waals surface area contributed by atoms with Gasteiger partial charge in [0.15, 0.2) is 0 Å². The maximum atomic E-state index is 12.1. The summed E-state index contributed by atoms with van der Waals surface area (Å²) in [4.78, 5) is 45.5. The first-order chi connectivity index (χ1) is 11.2. The first-order valence-electron chi connectivity index (χ1n) is 7.13. The number of aliphatic hydroxyl groups is 1. The van der Waals surface area contributed by atoms with Gasteiger partial charge in [-0.1, -0.05) is 0 Å². The number of hydrogen-bond donors (Lipinski definition) is 6. The number of aliphatic carboxylic acids is 2. The molecule has 0 rings (SSSR count). The molecule has 2 amide bonds. The summed E-state index contributed by atoms with van der Waals surface area (Å²) in [5, 5.41) is 30.8. The van der Waals surface area contributed by atoms with Crippen LogP contribution in [0.2, 0.25) is 0 Å². The summed E-state index contributed by atoms with van der Waals surface area (Å²) in [5.74, 6) is -3.53. The number of carbonyl (C=O) groups excluding carboxylic acids is 2. The lowest BCUT2D eigenvalue weighted by Crippen LogP contribution is -2.55. The molecule has 0 aliphatic carbocycles. The van der Waals surface area contributed by atoms with Crippen LogP contribution >= 0.6 is 11.8 Å². The molecule has 0 aromatic heterocycles. The van der Waals surface area contributed by atoms with Gasteiger partial charge in [-0.25, -0.2) is 4.79 Å². The van der Waals surface area contributed by atoms with Gasteiger partial charge in [-0.3, -0.25) is 14.4 Å². The summed E-state index contributed by atoms with van der Waals surface area (Å²) in [6.07, 6.45) is 1.57. The number of amides is 2. The van der Waals surface area contributed by atoms with Crippen LogP contribution in [-0.2, 0) is 19.2 Å². The van der Waals surface area contributed by atoms with Crippen LogP contribution in [0.1, 0.15) is 19.3 Å². The number of nitrogens with one attached hydrogen (secondary N) is 2. The molecule has 3 unspecified atom stereocenters. The minimum absolute atomic E-state index is 0.236. The predicted octanol–water partition coefficient (Wildman–Crippen LogP) is -2.02. The number of nitrogens with two attached hydrogens (primary N) is 1. The molecule has 0 aromatic carbocycles. The first-order valence-corrected chi connectivity index (χ1v) is 8.53. The lowest BCUT2D eigenvalue weighted by atomic mass is 10.1. The summed E-state index contributed by atoms with van der Waals surface area (Å²) < 4.78 is 0. The summed E-state index contributed by atoms with van der Waals surface area (Å²) in [6.45, 7) is -0.839. The van der Waals surface area contributed by atoms with Gasteiger partial charge in [-0.2, -0.15) is 11.8 Å². The molecule has 0 spiro atoms. The van der Waals surface area contributed by atoms with Gasteiger partial charge in [0.1, 0.15) is 12.1 Å². The van der Waals surface area contributed by atoms with E-state index in [4.69, 9.17) is 21.1 Å². The SMILES string of the molecule is CSCCC(N)C(=O)NC(CCC(=O)O)C(=O)NC(CO)C(=O)O.